The van der Waals surface area contributed by atoms with Gasteiger partial charge in [-0.1, -0.05) is 26.0 Å². The monoisotopic (exact) mass is 465 g/mol. The van der Waals surface area contributed by atoms with Crippen LogP contribution in [0.1, 0.15) is 37.4 Å². The number of aliphatic hydroxyl groups excluding tert-OH is 1. The van der Waals surface area contributed by atoms with E-state index in [1.165, 1.54) is 0 Å². The number of rotatable bonds is 10. The van der Waals surface area contributed by atoms with E-state index in [2.05, 4.69) is 18.7 Å². The lowest BCUT2D eigenvalue weighted by Crippen LogP contribution is -2.33. The van der Waals surface area contributed by atoms with Gasteiger partial charge in [0.05, 0.1) is 18.7 Å². The van der Waals surface area contributed by atoms with E-state index in [0.717, 1.165) is 37.3 Å². The topological polar surface area (TPSA) is 73.3 Å². The molecule has 0 bridgehead atoms. The fourth-order valence-electron chi connectivity index (χ4n) is 4.32. The molecule has 34 heavy (non-hydrogen) atoms. The Balaban J connectivity index is 2.03. The van der Waals surface area contributed by atoms with E-state index < -0.39 is 17.7 Å². The van der Waals surface area contributed by atoms with Gasteiger partial charge in [-0.15, -0.1) is 0 Å². The fraction of sp³-hybridized carbons (Fsp3) is 0.407. The van der Waals surface area contributed by atoms with Gasteiger partial charge in [-0.2, -0.15) is 0 Å². The Hall–Kier alpha value is -3.32. The molecule has 182 valence electrons. The van der Waals surface area contributed by atoms with E-state index in [4.69, 9.17) is 4.74 Å². The summed E-state index contributed by atoms with van der Waals surface area (Å²) in [5.41, 5.74) is 2.40. The lowest BCUT2D eigenvalue weighted by atomic mass is 9.95. The van der Waals surface area contributed by atoms with Crippen LogP contribution in [0.2, 0.25) is 0 Å². The van der Waals surface area contributed by atoms with Crippen molar-refractivity contribution in [1.29, 1.82) is 0 Å². The number of methoxy groups -OCH3 is 1. The SMILES string of the molecule is CCN(CC)CCCN1C(=O)C(=O)C(=C(O)c2ccc(OC)cc2)C1c1ccc(N(C)C)cc1. The normalized spacial score (nSPS) is 17.5. The Kier molecular flexibility index (Phi) is 8.34. The average molecular weight is 466 g/mol. The maximum atomic E-state index is 13.2. The molecule has 7 nitrogen and oxygen atoms in total. The van der Waals surface area contributed by atoms with E-state index in [0.29, 0.717) is 17.9 Å². The fourth-order valence-corrected chi connectivity index (χ4v) is 4.32. The highest BCUT2D eigenvalue weighted by Crippen LogP contribution is 2.40. The van der Waals surface area contributed by atoms with E-state index in [-0.39, 0.29) is 11.3 Å². The molecule has 2 aromatic carbocycles. The highest BCUT2D eigenvalue weighted by molar-refractivity contribution is 6.46. The number of carbonyl (C=O) groups excluding carboxylic acids is 2. The number of carbonyl (C=O) groups is 2. The van der Waals surface area contributed by atoms with Crippen LogP contribution in [0.3, 0.4) is 0 Å². The number of Topliss-reactive ketones (excluding diaryl/α,β-unsaturated/α-hetero) is 1. The molecule has 2 aromatic rings. The smallest absolute Gasteiger partial charge is 0.295 e. The van der Waals surface area contributed by atoms with E-state index in [1.54, 1.807) is 36.3 Å². The molecule has 0 saturated carbocycles. The predicted molar refractivity (Wildman–Crippen MR) is 135 cm³/mol. The summed E-state index contributed by atoms with van der Waals surface area (Å²) in [6.07, 6.45) is 0.740. The summed E-state index contributed by atoms with van der Waals surface area (Å²) < 4.78 is 5.20. The molecule has 3 rings (SSSR count). The Morgan fingerprint density at radius 3 is 2.15 bits per heavy atom. The van der Waals surface area contributed by atoms with Crippen molar-refractivity contribution in [2.24, 2.45) is 0 Å². The van der Waals surface area contributed by atoms with Gasteiger partial charge in [-0.25, -0.2) is 0 Å². The first-order valence-electron chi connectivity index (χ1n) is 11.7. The molecule has 1 saturated heterocycles. The van der Waals surface area contributed by atoms with Crippen LogP contribution in [-0.4, -0.2) is 74.0 Å². The van der Waals surface area contributed by atoms with E-state index >= 15 is 0 Å². The molecule has 1 amide bonds. The molecule has 1 atom stereocenters. The van der Waals surface area contributed by atoms with Gasteiger partial charge in [-0.05, 0) is 68.0 Å². The summed E-state index contributed by atoms with van der Waals surface area (Å²) in [6, 6.07) is 13.9. The van der Waals surface area contributed by atoms with Gasteiger partial charge >= 0.3 is 0 Å². The minimum absolute atomic E-state index is 0.121. The molecule has 1 aliphatic rings. The van der Waals surface area contributed by atoms with Crippen molar-refractivity contribution < 1.29 is 19.4 Å². The summed E-state index contributed by atoms with van der Waals surface area (Å²) in [7, 11) is 5.48. The summed E-state index contributed by atoms with van der Waals surface area (Å²) in [5.74, 6) is -0.757. The zero-order chi connectivity index (χ0) is 24.8. The molecule has 1 aliphatic heterocycles. The summed E-state index contributed by atoms with van der Waals surface area (Å²) in [5, 5.41) is 11.2. The van der Waals surface area contributed by atoms with Crippen LogP contribution in [0.4, 0.5) is 5.69 Å². The minimum Gasteiger partial charge on any atom is -0.507 e. The van der Waals surface area contributed by atoms with Crippen molar-refractivity contribution in [1.82, 2.24) is 9.80 Å². The maximum absolute atomic E-state index is 13.2. The predicted octanol–water partition coefficient (Wildman–Crippen LogP) is 3.91. The molecule has 0 aromatic heterocycles. The van der Waals surface area contributed by atoms with Crippen LogP contribution in [0, 0.1) is 0 Å². The van der Waals surface area contributed by atoms with Gasteiger partial charge in [-0.3, -0.25) is 9.59 Å². The van der Waals surface area contributed by atoms with Crippen LogP contribution >= 0.6 is 0 Å². The first-order chi connectivity index (χ1) is 16.3. The van der Waals surface area contributed by atoms with Gasteiger partial charge < -0.3 is 24.5 Å². The molecule has 0 spiro atoms. The zero-order valence-electron chi connectivity index (χ0n) is 20.7. The van der Waals surface area contributed by atoms with Crippen molar-refractivity contribution in [3.8, 4) is 5.75 Å². The van der Waals surface area contributed by atoms with E-state index in [1.807, 2.05) is 43.3 Å². The second kappa shape index (κ2) is 11.2. The Labute approximate surface area is 202 Å². The van der Waals surface area contributed by atoms with Gasteiger partial charge in [0.1, 0.15) is 11.5 Å². The largest absolute Gasteiger partial charge is 0.507 e. The number of amides is 1. The molecule has 1 heterocycles. The number of nitrogens with zero attached hydrogens (tertiary/aromatic N) is 3. The van der Waals surface area contributed by atoms with Gasteiger partial charge in [0.15, 0.2) is 0 Å². The third-order valence-corrected chi connectivity index (χ3v) is 6.40. The molecule has 1 fully saturated rings. The zero-order valence-corrected chi connectivity index (χ0v) is 20.7. The molecule has 1 N–H and O–H groups in total. The maximum Gasteiger partial charge on any atom is 0.295 e. The van der Waals surface area contributed by atoms with Crippen LogP contribution in [0.5, 0.6) is 5.75 Å². The highest BCUT2D eigenvalue weighted by Gasteiger charge is 2.45. The second-order valence-corrected chi connectivity index (χ2v) is 8.59. The van der Waals surface area contributed by atoms with E-state index in [9.17, 15) is 14.7 Å². The molecule has 7 heteroatoms. The number of likely N-dealkylation sites (tertiary alicyclic amines) is 1. The minimum atomic E-state index is -0.655. The van der Waals surface area contributed by atoms with Crippen molar-refractivity contribution in [2.75, 3.05) is 52.3 Å². The number of benzene rings is 2. The number of ether oxygens (including phenoxy) is 1. The van der Waals surface area contributed by atoms with Crippen LogP contribution in [0.25, 0.3) is 5.76 Å². The lowest BCUT2D eigenvalue weighted by molar-refractivity contribution is -0.140. The Bertz CT molecular complexity index is 1020. The molecular weight excluding hydrogens is 430 g/mol. The van der Waals surface area contributed by atoms with Crippen molar-refractivity contribution in [2.45, 2.75) is 26.3 Å². The Morgan fingerprint density at radius 2 is 1.62 bits per heavy atom. The first kappa shape index (κ1) is 25.3. The van der Waals surface area contributed by atoms with Gasteiger partial charge in [0.25, 0.3) is 11.7 Å². The number of aliphatic hydroxyl groups is 1. The number of hydrogen-bond acceptors (Lipinski definition) is 6. The molecular formula is C27H35N3O4. The number of ketones is 1. The second-order valence-electron chi connectivity index (χ2n) is 8.59. The number of hydrogen-bond donors (Lipinski definition) is 1. The number of anilines is 1. The van der Waals surface area contributed by atoms with Gasteiger partial charge in [0, 0.05) is 31.9 Å². The quantitative estimate of drug-likeness (QED) is 0.326. The highest BCUT2D eigenvalue weighted by atomic mass is 16.5. The summed E-state index contributed by atoms with van der Waals surface area (Å²) in [4.78, 5) is 32.2. The summed E-state index contributed by atoms with van der Waals surface area (Å²) >= 11 is 0. The molecule has 1 unspecified atom stereocenters. The van der Waals surface area contributed by atoms with Crippen molar-refractivity contribution in [3.63, 3.8) is 0 Å². The molecule has 0 aliphatic carbocycles. The lowest BCUT2D eigenvalue weighted by Gasteiger charge is -2.27. The third-order valence-electron chi connectivity index (χ3n) is 6.40. The third kappa shape index (κ3) is 5.25. The standard InChI is InChI=1S/C27H35N3O4/c1-6-29(7-2)17-8-18-30-24(19-9-13-21(14-10-19)28(3)4)23(26(32)27(30)33)25(31)20-11-15-22(34-5)16-12-20/h9-16,24,31H,6-8,17-18H2,1-5H3. The van der Waals surface area contributed by atoms with Gasteiger partial charge in [0.2, 0.25) is 0 Å². The first-order valence-corrected chi connectivity index (χ1v) is 11.7. The van der Waals surface area contributed by atoms with Crippen molar-refractivity contribution >= 4 is 23.1 Å². The van der Waals surface area contributed by atoms with Crippen LogP contribution < -0.4 is 9.64 Å². The van der Waals surface area contributed by atoms with Crippen LogP contribution in [0.15, 0.2) is 54.1 Å². The summed E-state index contributed by atoms with van der Waals surface area (Å²) in [6.45, 7) is 7.35. The van der Waals surface area contributed by atoms with Crippen molar-refractivity contribution in [3.05, 3.63) is 65.2 Å². The Morgan fingerprint density at radius 1 is 1.00 bits per heavy atom. The van der Waals surface area contributed by atoms with Crippen LogP contribution in [-0.2, 0) is 9.59 Å². The molecule has 0 radical (unpaired) electrons. The average Bonchev–Trinajstić information content (AvgIpc) is 3.11.